The van der Waals surface area contributed by atoms with Crippen LogP contribution < -0.4 is 4.90 Å². The van der Waals surface area contributed by atoms with E-state index in [0.717, 1.165) is 65.0 Å². The first-order chi connectivity index (χ1) is 13.2. The average molecular weight is 374 g/mol. The Balaban J connectivity index is 1.38. The van der Waals surface area contributed by atoms with Crippen LogP contribution >= 0.6 is 0 Å². The number of piperazine rings is 1. The summed E-state index contributed by atoms with van der Waals surface area (Å²) in [5, 5.41) is 0. The first-order valence-corrected chi connectivity index (χ1v) is 9.93. The second-order valence-electron chi connectivity index (χ2n) is 7.36. The molecule has 0 bridgehead atoms. The number of ether oxygens (including phenoxy) is 1. The van der Waals surface area contributed by atoms with Crippen molar-refractivity contribution < 1.29 is 14.3 Å². The topological polar surface area (TPSA) is 66.0 Å². The van der Waals surface area contributed by atoms with E-state index in [9.17, 15) is 9.59 Å². The molecule has 3 heterocycles. The van der Waals surface area contributed by atoms with Crippen LogP contribution in [0.5, 0.6) is 0 Å². The number of piperidine rings is 1. The molecule has 2 aliphatic heterocycles. The number of methoxy groups -OCH3 is 1. The molecule has 1 aromatic rings. The van der Waals surface area contributed by atoms with Crippen molar-refractivity contribution in [2.45, 2.75) is 32.1 Å². The molecule has 3 rings (SSSR count). The fourth-order valence-corrected chi connectivity index (χ4v) is 3.96. The number of hydrogen-bond acceptors (Lipinski definition) is 5. The van der Waals surface area contributed by atoms with Crippen LogP contribution in [0.2, 0.25) is 0 Å². The number of nitrogens with zero attached hydrogens (tertiary/aromatic N) is 4. The Labute approximate surface area is 161 Å². The highest BCUT2D eigenvalue weighted by Crippen LogP contribution is 2.24. The summed E-state index contributed by atoms with van der Waals surface area (Å²) < 4.78 is 4.69. The Morgan fingerprint density at radius 3 is 2.30 bits per heavy atom. The van der Waals surface area contributed by atoms with Gasteiger partial charge in [0, 0.05) is 63.8 Å². The van der Waals surface area contributed by atoms with E-state index in [-0.39, 0.29) is 12.0 Å². The van der Waals surface area contributed by atoms with Crippen molar-refractivity contribution >= 4 is 17.7 Å². The molecule has 2 amide bonds. The number of amides is 2. The molecule has 0 saturated carbocycles. The Hall–Kier alpha value is -2.31. The van der Waals surface area contributed by atoms with E-state index in [0.29, 0.717) is 12.3 Å². The summed E-state index contributed by atoms with van der Waals surface area (Å²) in [6.07, 6.45) is 8.10. The first kappa shape index (κ1) is 19.5. The van der Waals surface area contributed by atoms with Crippen LogP contribution in [-0.4, -0.2) is 73.2 Å². The maximum Gasteiger partial charge on any atom is 0.320 e. The molecule has 0 radical (unpaired) electrons. The average Bonchev–Trinajstić information content (AvgIpc) is 2.74. The van der Waals surface area contributed by atoms with Gasteiger partial charge in [0.15, 0.2) is 0 Å². The summed E-state index contributed by atoms with van der Waals surface area (Å²) in [5.74, 6) is 0.482. The van der Waals surface area contributed by atoms with Crippen LogP contribution in [-0.2, 0) is 9.53 Å². The highest BCUT2D eigenvalue weighted by Gasteiger charge is 2.28. The predicted molar refractivity (Wildman–Crippen MR) is 104 cm³/mol. The minimum Gasteiger partial charge on any atom is -0.469 e. The van der Waals surface area contributed by atoms with Gasteiger partial charge in [-0.3, -0.25) is 9.78 Å². The van der Waals surface area contributed by atoms with Gasteiger partial charge in [-0.1, -0.05) is 0 Å². The molecule has 0 N–H and O–H groups in total. The first-order valence-electron chi connectivity index (χ1n) is 9.93. The third kappa shape index (κ3) is 5.34. The zero-order valence-electron chi connectivity index (χ0n) is 16.2. The highest BCUT2D eigenvalue weighted by atomic mass is 16.5. The number of esters is 1. The van der Waals surface area contributed by atoms with Crippen molar-refractivity contribution in [3.05, 3.63) is 24.5 Å². The number of carbonyl (C=O) groups is 2. The highest BCUT2D eigenvalue weighted by molar-refractivity contribution is 5.75. The van der Waals surface area contributed by atoms with Crippen LogP contribution in [0.1, 0.15) is 32.1 Å². The van der Waals surface area contributed by atoms with Crippen LogP contribution in [0.3, 0.4) is 0 Å². The predicted octanol–water partition coefficient (Wildman–Crippen LogP) is 2.38. The Bertz CT molecular complexity index is 609. The Morgan fingerprint density at radius 1 is 1.04 bits per heavy atom. The van der Waals surface area contributed by atoms with E-state index in [4.69, 9.17) is 0 Å². The molecule has 1 aromatic heterocycles. The van der Waals surface area contributed by atoms with Gasteiger partial charge in [0.05, 0.1) is 7.11 Å². The summed E-state index contributed by atoms with van der Waals surface area (Å²) in [7, 11) is 1.43. The van der Waals surface area contributed by atoms with Crippen LogP contribution in [0, 0.1) is 5.92 Å². The number of rotatable bonds is 5. The van der Waals surface area contributed by atoms with Gasteiger partial charge in [0.2, 0.25) is 0 Å². The van der Waals surface area contributed by atoms with Crippen molar-refractivity contribution in [2.75, 3.05) is 51.3 Å². The van der Waals surface area contributed by atoms with Gasteiger partial charge in [-0.25, -0.2) is 4.79 Å². The fraction of sp³-hybridized carbons (Fsp3) is 0.650. The van der Waals surface area contributed by atoms with E-state index < -0.39 is 0 Å². The second-order valence-corrected chi connectivity index (χ2v) is 7.36. The molecular formula is C20H30N4O3. The van der Waals surface area contributed by atoms with Crippen LogP contribution in [0.25, 0.3) is 0 Å². The van der Waals surface area contributed by atoms with Gasteiger partial charge in [-0.2, -0.15) is 0 Å². The standard InChI is InChI=1S/C20H30N4O3/c1-27-19(25)4-2-3-17-7-11-23(12-8-17)20(26)24-15-13-22(14-16-24)18-5-9-21-10-6-18/h5-6,9-10,17H,2-4,7-8,11-16H2,1H3. The van der Waals surface area contributed by atoms with Crippen molar-refractivity contribution in [3.63, 3.8) is 0 Å². The van der Waals surface area contributed by atoms with Crippen molar-refractivity contribution in [3.8, 4) is 0 Å². The lowest BCUT2D eigenvalue weighted by Gasteiger charge is -2.40. The summed E-state index contributed by atoms with van der Waals surface area (Å²) in [4.78, 5) is 34.4. The molecule has 0 aromatic carbocycles. The van der Waals surface area contributed by atoms with Gasteiger partial charge >= 0.3 is 12.0 Å². The third-order valence-corrected chi connectivity index (χ3v) is 5.68. The van der Waals surface area contributed by atoms with Crippen molar-refractivity contribution in [1.29, 1.82) is 0 Å². The Morgan fingerprint density at radius 2 is 1.67 bits per heavy atom. The number of hydrogen-bond donors (Lipinski definition) is 0. The lowest BCUT2D eigenvalue weighted by atomic mass is 9.91. The van der Waals surface area contributed by atoms with Crippen molar-refractivity contribution in [1.82, 2.24) is 14.8 Å². The van der Waals surface area contributed by atoms with Crippen LogP contribution in [0.4, 0.5) is 10.5 Å². The number of carbonyl (C=O) groups excluding carboxylic acids is 2. The minimum absolute atomic E-state index is 0.131. The zero-order valence-corrected chi connectivity index (χ0v) is 16.2. The number of aromatic nitrogens is 1. The quantitative estimate of drug-likeness (QED) is 0.741. The normalized spacial score (nSPS) is 18.5. The van der Waals surface area contributed by atoms with Gasteiger partial charge in [-0.05, 0) is 43.7 Å². The summed E-state index contributed by atoms with van der Waals surface area (Å²) in [6.45, 7) is 4.90. The second kappa shape index (κ2) is 9.58. The number of pyridine rings is 1. The summed E-state index contributed by atoms with van der Waals surface area (Å²) in [5.41, 5.74) is 1.17. The van der Waals surface area contributed by atoms with Gasteiger partial charge < -0.3 is 19.4 Å². The lowest BCUT2D eigenvalue weighted by molar-refractivity contribution is -0.140. The largest absolute Gasteiger partial charge is 0.469 e. The molecule has 27 heavy (non-hydrogen) atoms. The van der Waals surface area contributed by atoms with Gasteiger partial charge in [0.25, 0.3) is 0 Å². The number of likely N-dealkylation sites (tertiary alicyclic amines) is 1. The smallest absolute Gasteiger partial charge is 0.320 e. The van der Waals surface area contributed by atoms with Crippen molar-refractivity contribution in [2.24, 2.45) is 5.92 Å². The fourth-order valence-electron chi connectivity index (χ4n) is 3.96. The lowest BCUT2D eigenvalue weighted by Crippen LogP contribution is -2.54. The van der Waals surface area contributed by atoms with E-state index in [2.05, 4.69) is 14.6 Å². The third-order valence-electron chi connectivity index (χ3n) is 5.68. The summed E-state index contributed by atoms with van der Waals surface area (Å²) in [6, 6.07) is 4.21. The van der Waals surface area contributed by atoms with E-state index >= 15 is 0 Å². The number of urea groups is 1. The van der Waals surface area contributed by atoms with E-state index in [1.165, 1.54) is 12.8 Å². The Kier molecular flexibility index (Phi) is 6.90. The monoisotopic (exact) mass is 374 g/mol. The number of anilines is 1. The van der Waals surface area contributed by atoms with Crippen LogP contribution in [0.15, 0.2) is 24.5 Å². The molecule has 0 aliphatic carbocycles. The maximum absolute atomic E-state index is 12.8. The molecule has 2 saturated heterocycles. The molecular weight excluding hydrogens is 344 g/mol. The molecule has 2 fully saturated rings. The zero-order chi connectivity index (χ0) is 19.1. The molecule has 148 valence electrons. The molecule has 0 spiro atoms. The SMILES string of the molecule is COC(=O)CCCC1CCN(C(=O)N2CCN(c3ccncc3)CC2)CC1. The summed E-state index contributed by atoms with van der Waals surface area (Å²) >= 11 is 0. The van der Waals surface area contributed by atoms with E-state index in [1.807, 2.05) is 34.3 Å². The maximum atomic E-state index is 12.8. The minimum atomic E-state index is -0.131. The van der Waals surface area contributed by atoms with E-state index in [1.54, 1.807) is 0 Å². The molecule has 0 unspecified atom stereocenters. The van der Waals surface area contributed by atoms with Gasteiger partial charge in [-0.15, -0.1) is 0 Å². The molecule has 7 nitrogen and oxygen atoms in total. The van der Waals surface area contributed by atoms with Gasteiger partial charge in [0.1, 0.15) is 0 Å². The molecule has 0 atom stereocenters. The molecule has 7 heteroatoms. The molecule has 2 aliphatic rings.